The fourth-order valence-electron chi connectivity index (χ4n) is 4.00. The predicted octanol–water partition coefficient (Wildman–Crippen LogP) is 5.38. The van der Waals surface area contributed by atoms with Crippen LogP contribution in [0.3, 0.4) is 0 Å². The predicted molar refractivity (Wildman–Crippen MR) is 132 cm³/mol. The molecule has 0 aliphatic carbocycles. The Kier molecular flexibility index (Phi) is 6.93. The van der Waals surface area contributed by atoms with Crippen molar-refractivity contribution in [3.63, 3.8) is 0 Å². The van der Waals surface area contributed by atoms with Crippen molar-refractivity contribution >= 4 is 56.6 Å². The van der Waals surface area contributed by atoms with Gasteiger partial charge in [0.05, 0.1) is 33.7 Å². The third-order valence-corrected chi connectivity index (χ3v) is 8.05. The Morgan fingerprint density at radius 3 is 2.42 bits per heavy atom. The number of hydrogen-bond donors (Lipinski definition) is 2. The average molecular weight is 511 g/mol. The van der Waals surface area contributed by atoms with Crippen LogP contribution < -0.4 is 0 Å². The number of para-hydroxylation sites is 1. The van der Waals surface area contributed by atoms with Gasteiger partial charge in [0.25, 0.3) is 5.91 Å². The van der Waals surface area contributed by atoms with Crippen LogP contribution >= 0.6 is 33.8 Å². The van der Waals surface area contributed by atoms with Gasteiger partial charge in [0, 0.05) is 30.5 Å². The van der Waals surface area contributed by atoms with Crippen molar-refractivity contribution in [3.8, 4) is 0 Å². The average Bonchev–Trinajstić information content (AvgIpc) is 3.10. The molecule has 3 aromatic rings. The number of esters is 1. The van der Waals surface area contributed by atoms with E-state index in [4.69, 9.17) is 27.9 Å². The molecular weight excluding hydrogens is 487 g/mol. The van der Waals surface area contributed by atoms with Crippen LogP contribution in [0.25, 0.3) is 10.9 Å². The lowest BCUT2D eigenvalue weighted by Gasteiger charge is -2.40. The summed E-state index contributed by atoms with van der Waals surface area (Å²) in [6, 6.07) is 12.5. The van der Waals surface area contributed by atoms with E-state index in [9.17, 15) is 18.7 Å². The largest absolute Gasteiger partial charge is 0.461 e. The topological polar surface area (TPSA) is 92.0 Å². The van der Waals surface area contributed by atoms with E-state index in [-0.39, 0.29) is 54.9 Å². The Morgan fingerprint density at radius 2 is 1.76 bits per heavy atom. The number of ether oxygens (including phenoxy) is 1. The van der Waals surface area contributed by atoms with Gasteiger partial charge in [-0.3, -0.25) is 13.9 Å². The number of nitrogens with zero attached hydrogens (tertiary/aromatic N) is 2. The molecule has 1 aliphatic rings. The number of aromatic nitrogens is 1. The van der Waals surface area contributed by atoms with Crippen molar-refractivity contribution in [2.75, 3.05) is 31.2 Å². The molecule has 0 bridgehead atoms. The van der Waals surface area contributed by atoms with E-state index in [1.54, 1.807) is 34.6 Å². The fourth-order valence-corrected chi connectivity index (χ4v) is 5.55. The van der Waals surface area contributed by atoms with Gasteiger partial charge in [0.15, 0.2) is 0 Å². The highest BCUT2D eigenvalue weighted by Gasteiger charge is 2.33. The Balaban J connectivity index is 1.85. The van der Waals surface area contributed by atoms with Gasteiger partial charge in [-0.1, -0.05) is 47.5 Å². The van der Waals surface area contributed by atoms with Gasteiger partial charge < -0.3 is 14.2 Å². The number of carbonyl (C=O) groups excluding carboxylic acids is 2. The second-order valence-corrected chi connectivity index (χ2v) is 11.0. The zero-order chi connectivity index (χ0) is 23.8. The number of benzene rings is 2. The number of halogens is 2. The summed E-state index contributed by atoms with van der Waals surface area (Å²) < 4.78 is 27.0. The molecule has 2 heterocycles. The Morgan fingerprint density at radius 1 is 1.06 bits per heavy atom. The molecule has 0 saturated carbocycles. The maximum absolute atomic E-state index is 13.6. The molecule has 33 heavy (non-hydrogen) atoms. The maximum Gasteiger partial charge on any atom is 0.355 e. The van der Waals surface area contributed by atoms with Crippen LogP contribution in [0.2, 0.25) is 10.0 Å². The van der Waals surface area contributed by atoms with Gasteiger partial charge in [-0.25, -0.2) is 4.79 Å². The molecule has 4 rings (SSSR count). The van der Waals surface area contributed by atoms with Crippen molar-refractivity contribution in [3.05, 3.63) is 69.3 Å². The quantitative estimate of drug-likeness (QED) is 0.449. The summed E-state index contributed by atoms with van der Waals surface area (Å²) in [6.45, 7) is 2.55. The molecule has 1 saturated heterocycles. The maximum atomic E-state index is 13.6. The van der Waals surface area contributed by atoms with Gasteiger partial charge in [-0.05, 0) is 30.7 Å². The number of hydrogen-bond acceptors (Lipinski definition) is 5. The SMILES string of the molecule is CCOC(=O)c1c(C(=O)N2CCS(O)(O)CC2)c2ccccc2n1Cc1ccc(Cl)c(Cl)c1. The van der Waals surface area contributed by atoms with Crippen molar-refractivity contribution in [2.45, 2.75) is 13.5 Å². The molecule has 0 unspecified atom stereocenters. The lowest BCUT2D eigenvalue weighted by Crippen LogP contribution is -2.42. The number of rotatable bonds is 5. The van der Waals surface area contributed by atoms with E-state index in [1.165, 1.54) is 0 Å². The highest BCUT2D eigenvalue weighted by Crippen LogP contribution is 2.41. The first-order chi connectivity index (χ1) is 15.7. The summed E-state index contributed by atoms with van der Waals surface area (Å²) in [5.41, 5.74) is 1.92. The zero-order valence-electron chi connectivity index (χ0n) is 18.0. The standard InChI is InChI=1S/C23H24Cl2N2O5S/c1-2-32-23(29)21-20(22(28)26-9-11-33(30,31)12-10-26)16-5-3-4-6-19(16)27(21)14-15-7-8-17(24)18(25)13-15/h3-8,13,30-31H,2,9-12,14H2,1H3. The normalized spacial score (nSPS) is 16.6. The zero-order valence-corrected chi connectivity index (χ0v) is 20.3. The van der Waals surface area contributed by atoms with Crippen molar-refractivity contribution < 1.29 is 23.4 Å². The van der Waals surface area contributed by atoms with Crippen molar-refractivity contribution in [1.29, 1.82) is 0 Å². The molecule has 176 valence electrons. The fraction of sp³-hybridized carbons (Fsp3) is 0.304. The van der Waals surface area contributed by atoms with E-state index in [2.05, 4.69) is 0 Å². The lowest BCUT2D eigenvalue weighted by atomic mass is 10.1. The van der Waals surface area contributed by atoms with Crippen LogP contribution in [0.15, 0.2) is 42.5 Å². The number of amides is 1. The summed E-state index contributed by atoms with van der Waals surface area (Å²) in [6.07, 6.45) is 0. The van der Waals surface area contributed by atoms with Crippen LogP contribution in [0.5, 0.6) is 0 Å². The molecule has 1 aromatic heterocycles. The summed E-state index contributed by atoms with van der Waals surface area (Å²) >= 11 is 12.3. The monoisotopic (exact) mass is 510 g/mol. The highest BCUT2D eigenvalue weighted by atomic mass is 35.5. The smallest absolute Gasteiger partial charge is 0.355 e. The van der Waals surface area contributed by atoms with Gasteiger partial charge in [0.2, 0.25) is 0 Å². The minimum absolute atomic E-state index is 0.120. The summed E-state index contributed by atoms with van der Waals surface area (Å²) in [4.78, 5) is 28.3. The molecule has 1 amide bonds. The summed E-state index contributed by atoms with van der Waals surface area (Å²) in [7, 11) is -2.67. The minimum atomic E-state index is -2.67. The van der Waals surface area contributed by atoms with Crippen LogP contribution in [0.4, 0.5) is 0 Å². The van der Waals surface area contributed by atoms with E-state index in [1.807, 2.05) is 24.3 Å². The molecule has 0 radical (unpaired) electrons. The van der Waals surface area contributed by atoms with E-state index >= 15 is 0 Å². The van der Waals surface area contributed by atoms with Crippen LogP contribution in [-0.4, -0.2) is 61.7 Å². The molecule has 2 aromatic carbocycles. The van der Waals surface area contributed by atoms with Crippen molar-refractivity contribution in [2.24, 2.45) is 0 Å². The van der Waals surface area contributed by atoms with E-state index in [0.29, 0.717) is 20.9 Å². The second kappa shape index (κ2) is 9.56. The lowest BCUT2D eigenvalue weighted by molar-refractivity contribution is 0.0507. The Hall–Kier alpha value is -2.23. The van der Waals surface area contributed by atoms with E-state index < -0.39 is 16.6 Å². The Labute approximate surface area is 203 Å². The molecule has 0 spiro atoms. The Bertz CT molecular complexity index is 1220. The van der Waals surface area contributed by atoms with Gasteiger partial charge >= 0.3 is 5.97 Å². The molecule has 10 heteroatoms. The van der Waals surface area contributed by atoms with Gasteiger partial charge in [0.1, 0.15) is 5.69 Å². The van der Waals surface area contributed by atoms with Crippen LogP contribution in [0, 0.1) is 0 Å². The third kappa shape index (κ3) is 4.85. The first-order valence-corrected chi connectivity index (χ1v) is 13.1. The third-order valence-electron chi connectivity index (χ3n) is 5.64. The molecule has 1 aliphatic heterocycles. The van der Waals surface area contributed by atoms with Gasteiger partial charge in [-0.2, -0.15) is 10.6 Å². The number of fused-ring (bicyclic) bond motifs is 1. The summed E-state index contributed by atoms with van der Waals surface area (Å²) in [5.74, 6) is -0.694. The van der Waals surface area contributed by atoms with Crippen LogP contribution in [-0.2, 0) is 11.3 Å². The van der Waals surface area contributed by atoms with Crippen LogP contribution in [0.1, 0.15) is 33.3 Å². The molecule has 2 N–H and O–H groups in total. The summed E-state index contributed by atoms with van der Waals surface area (Å²) in [5, 5.41) is 1.45. The molecule has 0 atom stereocenters. The first kappa shape index (κ1) is 23.9. The molecular formula is C23H24Cl2N2O5S. The number of carbonyl (C=O) groups is 2. The van der Waals surface area contributed by atoms with E-state index in [0.717, 1.165) is 5.56 Å². The van der Waals surface area contributed by atoms with Gasteiger partial charge in [-0.15, -0.1) is 0 Å². The molecule has 1 fully saturated rings. The van der Waals surface area contributed by atoms with Crippen molar-refractivity contribution in [1.82, 2.24) is 9.47 Å². The highest BCUT2D eigenvalue weighted by molar-refractivity contribution is 8.24. The first-order valence-electron chi connectivity index (χ1n) is 10.5. The minimum Gasteiger partial charge on any atom is -0.461 e. The molecule has 7 nitrogen and oxygen atoms in total. The second-order valence-electron chi connectivity index (χ2n) is 7.80.